The van der Waals surface area contributed by atoms with Crippen LogP contribution < -0.4 is 10.6 Å². The second kappa shape index (κ2) is 12.5. The quantitative estimate of drug-likeness (QED) is 0.314. The first-order valence-corrected chi connectivity index (χ1v) is 9.67. The molecule has 0 spiro atoms. The molecule has 4 nitrogen and oxygen atoms in total. The van der Waals surface area contributed by atoms with Crippen molar-refractivity contribution in [1.82, 2.24) is 10.6 Å². The van der Waals surface area contributed by atoms with Crippen LogP contribution in [-0.2, 0) is 4.74 Å². The molecular formula is C21H36IN3O. The van der Waals surface area contributed by atoms with Gasteiger partial charge in [-0.2, -0.15) is 0 Å². The average molecular weight is 473 g/mol. The van der Waals surface area contributed by atoms with Crippen molar-refractivity contribution in [2.24, 2.45) is 10.4 Å². The summed E-state index contributed by atoms with van der Waals surface area (Å²) in [6.45, 7) is 5.05. The van der Waals surface area contributed by atoms with Crippen LogP contribution in [0.3, 0.4) is 0 Å². The van der Waals surface area contributed by atoms with Crippen molar-refractivity contribution in [2.45, 2.75) is 51.4 Å². The van der Waals surface area contributed by atoms with E-state index in [2.05, 4.69) is 52.9 Å². The fourth-order valence-electron chi connectivity index (χ4n) is 3.81. The van der Waals surface area contributed by atoms with Gasteiger partial charge in [0, 0.05) is 33.9 Å². The van der Waals surface area contributed by atoms with Crippen molar-refractivity contribution in [3.05, 3.63) is 35.9 Å². The van der Waals surface area contributed by atoms with E-state index in [1.54, 1.807) is 7.11 Å². The van der Waals surface area contributed by atoms with E-state index in [-0.39, 0.29) is 24.0 Å². The Hall–Kier alpha value is -0.820. The van der Waals surface area contributed by atoms with Crippen molar-refractivity contribution in [1.29, 1.82) is 0 Å². The van der Waals surface area contributed by atoms with E-state index in [0.29, 0.717) is 11.3 Å². The topological polar surface area (TPSA) is 45.7 Å². The van der Waals surface area contributed by atoms with Crippen LogP contribution >= 0.6 is 24.0 Å². The molecule has 0 aromatic heterocycles. The predicted octanol–water partition coefficient (Wildman–Crippen LogP) is 4.56. The Balaban J connectivity index is 0.00000338. The van der Waals surface area contributed by atoms with Gasteiger partial charge in [-0.25, -0.2) is 0 Å². The number of hydrogen-bond donors (Lipinski definition) is 2. The van der Waals surface area contributed by atoms with Crippen molar-refractivity contribution >= 4 is 29.9 Å². The highest BCUT2D eigenvalue weighted by Crippen LogP contribution is 2.40. The Bertz CT molecular complexity index is 515. The number of rotatable bonds is 9. The number of ether oxygens (including phenoxy) is 1. The lowest BCUT2D eigenvalue weighted by molar-refractivity contribution is 0.138. The van der Waals surface area contributed by atoms with Crippen LogP contribution in [0.4, 0.5) is 0 Å². The van der Waals surface area contributed by atoms with E-state index in [0.717, 1.165) is 38.5 Å². The normalized spacial score (nSPS) is 17.4. The molecule has 2 rings (SSSR count). The highest BCUT2D eigenvalue weighted by molar-refractivity contribution is 14.0. The van der Waals surface area contributed by atoms with Gasteiger partial charge in [-0.15, -0.1) is 24.0 Å². The molecule has 1 unspecified atom stereocenters. The summed E-state index contributed by atoms with van der Waals surface area (Å²) < 4.78 is 5.32. The number of aliphatic imine (C=N–C) groups is 1. The van der Waals surface area contributed by atoms with Gasteiger partial charge in [0.05, 0.1) is 0 Å². The molecule has 0 bridgehead atoms. The minimum absolute atomic E-state index is 0. The molecule has 1 fully saturated rings. The molecular weight excluding hydrogens is 437 g/mol. The second-order valence-corrected chi connectivity index (χ2v) is 7.40. The minimum Gasteiger partial charge on any atom is -0.385 e. The molecule has 0 saturated heterocycles. The molecule has 1 aliphatic carbocycles. The summed E-state index contributed by atoms with van der Waals surface area (Å²) in [6, 6.07) is 10.7. The minimum atomic E-state index is 0. The summed E-state index contributed by atoms with van der Waals surface area (Å²) in [5.41, 5.74) is 1.78. The third kappa shape index (κ3) is 7.43. The largest absolute Gasteiger partial charge is 0.385 e. The SMILES string of the molecule is CN=C(NCCC(C)c1ccccc1)NCC1(CCOC)CCCC1.I. The zero-order valence-corrected chi connectivity index (χ0v) is 18.9. The van der Waals surface area contributed by atoms with Gasteiger partial charge in [0.2, 0.25) is 0 Å². The summed E-state index contributed by atoms with van der Waals surface area (Å²) in [6.07, 6.45) is 7.51. The maximum atomic E-state index is 5.32. The summed E-state index contributed by atoms with van der Waals surface area (Å²) in [4.78, 5) is 4.39. The molecule has 1 aliphatic rings. The highest BCUT2D eigenvalue weighted by atomic mass is 127. The number of methoxy groups -OCH3 is 1. The zero-order chi connectivity index (χ0) is 18.0. The van der Waals surface area contributed by atoms with Crippen molar-refractivity contribution in [3.63, 3.8) is 0 Å². The third-order valence-corrected chi connectivity index (χ3v) is 5.59. The molecule has 0 amide bonds. The molecule has 1 saturated carbocycles. The van der Waals surface area contributed by atoms with Gasteiger partial charge in [-0.3, -0.25) is 4.99 Å². The molecule has 148 valence electrons. The molecule has 0 heterocycles. The van der Waals surface area contributed by atoms with Crippen molar-refractivity contribution < 1.29 is 4.74 Å². The maximum Gasteiger partial charge on any atom is 0.190 e. The first kappa shape index (κ1) is 23.2. The first-order chi connectivity index (χ1) is 12.2. The molecule has 26 heavy (non-hydrogen) atoms. The first-order valence-electron chi connectivity index (χ1n) is 9.67. The molecule has 1 aromatic carbocycles. The lowest BCUT2D eigenvalue weighted by atomic mass is 9.83. The van der Waals surface area contributed by atoms with Gasteiger partial charge >= 0.3 is 0 Å². The molecule has 1 atom stereocenters. The van der Waals surface area contributed by atoms with Crippen LogP contribution in [0.15, 0.2) is 35.3 Å². The Labute approximate surface area is 176 Å². The van der Waals surface area contributed by atoms with E-state index >= 15 is 0 Å². The highest BCUT2D eigenvalue weighted by Gasteiger charge is 2.33. The van der Waals surface area contributed by atoms with Crippen LogP contribution in [0.25, 0.3) is 0 Å². The fourth-order valence-corrected chi connectivity index (χ4v) is 3.81. The lowest BCUT2D eigenvalue weighted by Gasteiger charge is -2.30. The summed E-state index contributed by atoms with van der Waals surface area (Å²) in [7, 11) is 3.65. The number of hydrogen-bond acceptors (Lipinski definition) is 2. The van der Waals surface area contributed by atoms with Crippen LogP contribution in [0.5, 0.6) is 0 Å². The number of guanidine groups is 1. The van der Waals surface area contributed by atoms with Gasteiger partial charge in [0.25, 0.3) is 0 Å². The number of nitrogens with one attached hydrogen (secondary N) is 2. The second-order valence-electron chi connectivity index (χ2n) is 7.40. The number of nitrogens with zero attached hydrogens (tertiary/aromatic N) is 1. The van der Waals surface area contributed by atoms with Crippen LogP contribution in [-0.4, -0.2) is 39.8 Å². The Morgan fingerprint density at radius 3 is 2.50 bits per heavy atom. The van der Waals surface area contributed by atoms with E-state index < -0.39 is 0 Å². The zero-order valence-electron chi connectivity index (χ0n) is 16.6. The number of halogens is 1. The molecule has 1 aromatic rings. The van der Waals surface area contributed by atoms with E-state index in [1.807, 2.05) is 7.05 Å². The van der Waals surface area contributed by atoms with Crippen molar-refractivity contribution in [3.8, 4) is 0 Å². The summed E-state index contributed by atoms with van der Waals surface area (Å²) in [5.74, 6) is 1.47. The van der Waals surface area contributed by atoms with Gasteiger partial charge in [0.15, 0.2) is 5.96 Å². The Morgan fingerprint density at radius 2 is 1.88 bits per heavy atom. The maximum absolute atomic E-state index is 5.32. The van der Waals surface area contributed by atoms with E-state index in [1.165, 1.54) is 31.2 Å². The third-order valence-electron chi connectivity index (χ3n) is 5.59. The van der Waals surface area contributed by atoms with Gasteiger partial charge in [0.1, 0.15) is 0 Å². The van der Waals surface area contributed by atoms with Gasteiger partial charge in [-0.1, -0.05) is 50.1 Å². The lowest BCUT2D eigenvalue weighted by Crippen LogP contribution is -2.43. The smallest absolute Gasteiger partial charge is 0.190 e. The van der Waals surface area contributed by atoms with Crippen LogP contribution in [0, 0.1) is 5.41 Å². The van der Waals surface area contributed by atoms with Crippen LogP contribution in [0.1, 0.15) is 56.9 Å². The summed E-state index contributed by atoms with van der Waals surface area (Å²) in [5, 5.41) is 7.03. The van der Waals surface area contributed by atoms with E-state index in [9.17, 15) is 0 Å². The fraction of sp³-hybridized carbons (Fsp3) is 0.667. The Kier molecular flexibility index (Phi) is 11.2. The van der Waals surface area contributed by atoms with E-state index in [4.69, 9.17) is 4.74 Å². The van der Waals surface area contributed by atoms with Gasteiger partial charge in [-0.05, 0) is 42.6 Å². The van der Waals surface area contributed by atoms with Crippen LogP contribution in [0.2, 0.25) is 0 Å². The molecule has 0 aliphatic heterocycles. The molecule has 0 radical (unpaired) electrons. The predicted molar refractivity (Wildman–Crippen MR) is 122 cm³/mol. The van der Waals surface area contributed by atoms with Crippen molar-refractivity contribution in [2.75, 3.05) is 33.9 Å². The monoisotopic (exact) mass is 473 g/mol. The summed E-state index contributed by atoms with van der Waals surface area (Å²) >= 11 is 0. The molecule has 2 N–H and O–H groups in total. The Morgan fingerprint density at radius 1 is 1.19 bits per heavy atom. The number of benzene rings is 1. The van der Waals surface area contributed by atoms with Gasteiger partial charge < -0.3 is 15.4 Å². The molecule has 5 heteroatoms. The standard InChI is InChI=1S/C21H35N3O.HI/c1-18(19-9-5-4-6-10-19)11-15-23-20(22-2)24-17-21(14-16-25-3)12-7-8-13-21;/h4-6,9-10,18H,7-8,11-17H2,1-3H3,(H2,22,23,24);1H. The average Bonchev–Trinajstić information content (AvgIpc) is 3.12.